The fourth-order valence-electron chi connectivity index (χ4n) is 2.06. The number of rotatable bonds is 5. The molecule has 0 aliphatic heterocycles. The minimum atomic E-state index is -0.470. The molecule has 2 aromatic heterocycles. The molecule has 1 aromatic carbocycles. The van der Waals surface area contributed by atoms with E-state index in [0.717, 1.165) is 0 Å². The van der Waals surface area contributed by atoms with E-state index in [1.54, 1.807) is 42.5 Å². The molecule has 8 heteroatoms. The fraction of sp³-hybridized carbons (Fsp3) is 0. The van der Waals surface area contributed by atoms with Crippen LogP contribution >= 0.6 is 0 Å². The average Bonchev–Trinajstić information content (AvgIpc) is 3.11. The lowest BCUT2D eigenvalue weighted by Crippen LogP contribution is -2.18. The van der Waals surface area contributed by atoms with Crippen LogP contribution in [0, 0.1) is 10.1 Å². The fourth-order valence-corrected chi connectivity index (χ4v) is 2.06. The number of hydrogen-bond donors (Lipinski definition) is 1. The van der Waals surface area contributed by atoms with Crippen molar-refractivity contribution in [2.75, 3.05) is 0 Å². The van der Waals surface area contributed by atoms with E-state index < -0.39 is 10.8 Å². The van der Waals surface area contributed by atoms with Crippen molar-refractivity contribution in [3.05, 3.63) is 82.4 Å². The number of furan rings is 1. The molecule has 124 valence electrons. The molecular formula is C17H12N4O4. The van der Waals surface area contributed by atoms with Gasteiger partial charge in [0.25, 0.3) is 11.6 Å². The van der Waals surface area contributed by atoms with Gasteiger partial charge in [0.1, 0.15) is 17.2 Å². The van der Waals surface area contributed by atoms with Crippen molar-refractivity contribution in [2.24, 2.45) is 5.10 Å². The zero-order valence-electron chi connectivity index (χ0n) is 12.8. The molecule has 3 aromatic rings. The van der Waals surface area contributed by atoms with Crippen LogP contribution in [0.4, 0.5) is 5.69 Å². The van der Waals surface area contributed by atoms with Crippen molar-refractivity contribution in [1.29, 1.82) is 0 Å². The average molecular weight is 336 g/mol. The zero-order chi connectivity index (χ0) is 17.6. The smallest absolute Gasteiger partial charge is 0.289 e. The Kier molecular flexibility index (Phi) is 4.61. The first-order valence-electron chi connectivity index (χ1n) is 7.22. The number of amides is 1. The monoisotopic (exact) mass is 336 g/mol. The number of pyridine rings is 1. The Morgan fingerprint density at radius 1 is 1.20 bits per heavy atom. The predicted molar refractivity (Wildman–Crippen MR) is 90.1 cm³/mol. The molecule has 1 N–H and O–H groups in total. The molecule has 0 unspecified atom stereocenters. The molecular weight excluding hydrogens is 324 g/mol. The van der Waals surface area contributed by atoms with E-state index in [2.05, 4.69) is 15.5 Å². The van der Waals surface area contributed by atoms with E-state index in [-0.39, 0.29) is 11.4 Å². The SMILES string of the molecule is O=C(N/N=C/c1ccc(-c2cccc([N+](=O)[O-])c2)o1)c1ccccn1. The zero-order valence-corrected chi connectivity index (χ0v) is 12.8. The van der Waals surface area contributed by atoms with Crippen LogP contribution in [0.15, 0.2) is 70.3 Å². The third-order valence-corrected chi connectivity index (χ3v) is 3.22. The molecule has 0 radical (unpaired) electrons. The van der Waals surface area contributed by atoms with E-state index in [1.807, 2.05) is 0 Å². The van der Waals surface area contributed by atoms with Gasteiger partial charge in [-0.2, -0.15) is 5.10 Å². The molecule has 0 saturated carbocycles. The second kappa shape index (κ2) is 7.18. The summed E-state index contributed by atoms with van der Waals surface area (Å²) in [5.41, 5.74) is 3.14. The third-order valence-electron chi connectivity index (χ3n) is 3.22. The highest BCUT2D eigenvalue weighted by Gasteiger charge is 2.10. The lowest BCUT2D eigenvalue weighted by atomic mass is 10.1. The van der Waals surface area contributed by atoms with Gasteiger partial charge in [0, 0.05) is 23.9 Å². The van der Waals surface area contributed by atoms with Crippen molar-refractivity contribution >= 4 is 17.8 Å². The van der Waals surface area contributed by atoms with Gasteiger partial charge in [-0.15, -0.1) is 0 Å². The maximum atomic E-state index is 11.8. The normalized spacial score (nSPS) is 10.7. The van der Waals surface area contributed by atoms with Crippen LogP contribution in [0.25, 0.3) is 11.3 Å². The van der Waals surface area contributed by atoms with Gasteiger partial charge in [-0.1, -0.05) is 18.2 Å². The Morgan fingerprint density at radius 2 is 2.08 bits per heavy atom. The van der Waals surface area contributed by atoms with E-state index in [0.29, 0.717) is 17.1 Å². The summed E-state index contributed by atoms with van der Waals surface area (Å²) in [6, 6.07) is 14.4. The number of nitrogens with one attached hydrogen (secondary N) is 1. The first-order chi connectivity index (χ1) is 12.1. The van der Waals surface area contributed by atoms with Gasteiger partial charge in [-0.05, 0) is 24.3 Å². The van der Waals surface area contributed by atoms with E-state index in [4.69, 9.17) is 4.42 Å². The molecule has 1 amide bonds. The highest BCUT2D eigenvalue weighted by atomic mass is 16.6. The second-order valence-electron chi connectivity index (χ2n) is 4.92. The molecule has 2 heterocycles. The van der Waals surface area contributed by atoms with Gasteiger partial charge in [-0.25, -0.2) is 5.43 Å². The Morgan fingerprint density at radius 3 is 2.84 bits per heavy atom. The van der Waals surface area contributed by atoms with Crippen LogP contribution in [0.1, 0.15) is 16.2 Å². The Hall–Kier alpha value is -3.81. The molecule has 0 spiro atoms. The minimum absolute atomic E-state index is 0.0215. The molecule has 0 bridgehead atoms. The number of hydrogen-bond acceptors (Lipinski definition) is 6. The number of non-ortho nitro benzene ring substituents is 1. The quantitative estimate of drug-likeness (QED) is 0.437. The molecule has 8 nitrogen and oxygen atoms in total. The van der Waals surface area contributed by atoms with Crippen molar-refractivity contribution in [3.63, 3.8) is 0 Å². The standard InChI is InChI=1S/C17H12N4O4/c22-17(15-6-1-2-9-18-15)20-19-11-14-7-8-16(25-14)12-4-3-5-13(10-12)21(23)24/h1-11H,(H,20,22)/b19-11+. The number of carbonyl (C=O) groups excluding carboxylic acids is 1. The van der Waals surface area contributed by atoms with Crippen LogP contribution in [0.5, 0.6) is 0 Å². The molecule has 3 rings (SSSR count). The van der Waals surface area contributed by atoms with Crippen molar-refractivity contribution in [2.45, 2.75) is 0 Å². The molecule has 0 aliphatic carbocycles. The summed E-state index contributed by atoms with van der Waals surface area (Å²) in [6.45, 7) is 0. The van der Waals surface area contributed by atoms with Crippen LogP contribution in [-0.4, -0.2) is 22.0 Å². The molecule has 25 heavy (non-hydrogen) atoms. The van der Waals surface area contributed by atoms with Crippen LogP contribution in [-0.2, 0) is 0 Å². The van der Waals surface area contributed by atoms with E-state index in [1.165, 1.54) is 24.5 Å². The van der Waals surface area contributed by atoms with Gasteiger partial charge in [0.2, 0.25) is 0 Å². The summed E-state index contributed by atoms with van der Waals surface area (Å²) >= 11 is 0. The second-order valence-corrected chi connectivity index (χ2v) is 4.92. The number of nitro benzene ring substituents is 1. The van der Waals surface area contributed by atoms with Crippen LogP contribution in [0.3, 0.4) is 0 Å². The Bertz CT molecular complexity index is 935. The number of nitro groups is 1. The maximum Gasteiger partial charge on any atom is 0.289 e. The van der Waals surface area contributed by atoms with Crippen molar-refractivity contribution in [1.82, 2.24) is 10.4 Å². The number of carbonyl (C=O) groups is 1. The number of nitrogens with zero attached hydrogens (tertiary/aromatic N) is 3. The topological polar surface area (TPSA) is 111 Å². The molecule has 0 fully saturated rings. The Balaban J connectivity index is 1.68. The molecule has 0 saturated heterocycles. The summed E-state index contributed by atoms with van der Waals surface area (Å²) in [4.78, 5) is 26.0. The van der Waals surface area contributed by atoms with E-state index >= 15 is 0 Å². The van der Waals surface area contributed by atoms with Gasteiger partial charge >= 0.3 is 0 Å². The summed E-state index contributed by atoms with van der Waals surface area (Å²) in [7, 11) is 0. The summed E-state index contributed by atoms with van der Waals surface area (Å²) < 4.78 is 5.55. The minimum Gasteiger partial charge on any atom is -0.455 e. The Labute approximate surface area is 142 Å². The highest BCUT2D eigenvalue weighted by Crippen LogP contribution is 2.25. The van der Waals surface area contributed by atoms with Crippen LogP contribution in [0.2, 0.25) is 0 Å². The summed E-state index contributed by atoms with van der Waals surface area (Å²) in [5, 5.41) is 14.6. The van der Waals surface area contributed by atoms with Gasteiger partial charge in [0.15, 0.2) is 0 Å². The summed E-state index contributed by atoms with van der Waals surface area (Å²) in [5.74, 6) is 0.409. The van der Waals surface area contributed by atoms with Gasteiger partial charge < -0.3 is 4.42 Å². The first kappa shape index (κ1) is 16.1. The van der Waals surface area contributed by atoms with Crippen molar-refractivity contribution < 1.29 is 14.1 Å². The summed E-state index contributed by atoms with van der Waals surface area (Å²) in [6.07, 6.45) is 2.85. The first-order valence-corrected chi connectivity index (χ1v) is 7.22. The largest absolute Gasteiger partial charge is 0.455 e. The van der Waals surface area contributed by atoms with E-state index in [9.17, 15) is 14.9 Å². The maximum absolute atomic E-state index is 11.8. The lowest BCUT2D eigenvalue weighted by molar-refractivity contribution is -0.384. The third kappa shape index (κ3) is 3.94. The number of benzene rings is 1. The van der Waals surface area contributed by atoms with Crippen LogP contribution < -0.4 is 5.43 Å². The number of aromatic nitrogens is 1. The highest BCUT2D eigenvalue weighted by molar-refractivity contribution is 5.92. The van der Waals surface area contributed by atoms with Gasteiger partial charge in [-0.3, -0.25) is 19.9 Å². The van der Waals surface area contributed by atoms with Crippen molar-refractivity contribution in [3.8, 4) is 11.3 Å². The van der Waals surface area contributed by atoms with Gasteiger partial charge in [0.05, 0.1) is 11.1 Å². The predicted octanol–water partition coefficient (Wildman–Crippen LogP) is 3.01. The lowest BCUT2D eigenvalue weighted by Gasteiger charge is -1.97. The number of hydrazone groups is 1. The molecule has 0 atom stereocenters. The molecule has 0 aliphatic rings.